The maximum absolute atomic E-state index is 12.6. The van der Waals surface area contributed by atoms with E-state index in [1.165, 1.54) is 12.1 Å². The summed E-state index contributed by atoms with van der Waals surface area (Å²) in [6, 6.07) is 23.2. The van der Waals surface area contributed by atoms with E-state index in [4.69, 9.17) is 26.3 Å². The SMILES string of the molecule is N#CCOc1ccc(CCCS(=O)(=O)c2ccc(Cl)cc2)c(OCc2ccccc2)c1. The molecule has 7 heteroatoms. The Morgan fingerprint density at radius 1 is 0.935 bits per heavy atom. The lowest BCUT2D eigenvalue weighted by molar-refractivity contribution is 0.298. The van der Waals surface area contributed by atoms with E-state index in [0.29, 0.717) is 36.0 Å². The van der Waals surface area contributed by atoms with E-state index in [-0.39, 0.29) is 17.3 Å². The third-order valence-corrected chi connectivity index (χ3v) is 6.68. The molecular weight excluding hydrogens is 434 g/mol. The molecule has 31 heavy (non-hydrogen) atoms. The van der Waals surface area contributed by atoms with Crippen LogP contribution in [0.1, 0.15) is 17.5 Å². The zero-order valence-electron chi connectivity index (χ0n) is 16.8. The smallest absolute Gasteiger partial charge is 0.178 e. The Labute approximate surface area is 187 Å². The van der Waals surface area contributed by atoms with Crippen LogP contribution in [0.25, 0.3) is 0 Å². The van der Waals surface area contributed by atoms with Gasteiger partial charge in [0.15, 0.2) is 16.4 Å². The van der Waals surface area contributed by atoms with E-state index in [1.807, 2.05) is 42.5 Å². The summed E-state index contributed by atoms with van der Waals surface area (Å²) in [4.78, 5) is 0.262. The Morgan fingerprint density at radius 3 is 2.39 bits per heavy atom. The lowest BCUT2D eigenvalue weighted by Crippen LogP contribution is -2.08. The van der Waals surface area contributed by atoms with Gasteiger partial charge in [0.05, 0.1) is 10.6 Å². The molecule has 0 aliphatic heterocycles. The Balaban J connectivity index is 1.69. The van der Waals surface area contributed by atoms with E-state index in [1.54, 1.807) is 24.3 Å². The zero-order valence-corrected chi connectivity index (χ0v) is 18.4. The van der Waals surface area contributed by atoms with Crippen LogP contribution in [0.5, 0.6) is 11.5 Å². The minimum absolute atomic E-state index is 0.0133. The highest BCUT2D eigenvalue weighted by atomic mass is 35.5. The third kappa shape index (κ3) is 6.74. The standard InChI is InChI=1S/C24H22ClNO4S/c25-21-9-12-23(13-10-21)31(27,28)16-4-7-20-8-11-22(29-15-14-26)17-24(20)30-18-19-5-2-1-3-6-19/h1-3,5-6,8-13,17H,4,7,15-16,18H2. The number of halogens is 1. The lowest BCUT2D eigenvalue weighted by atomic mass is 10.1. The fraction of sp³-hybridized carbons (Fsp3) is 0.208. The van der Waals surface area contributed by atoms with Crippen molar-refractivity contribution >= 4 is 21.4 Å². The molecule has 0 fully saturated rings. The topological polar surface area (TPSA) is 76.4 Å². The number of sulfone groups is 1. The summed E-state index contributed by atoms with van der Waals surface area (Å²) in [6.07, 6.45) is 0.959. The number of benzene rings is 3. The van der Waals surface area contributed by atoms with Crippen molar-refractivity contribution in [3.05, 3.63) is 88.9 Å². The largest absolute Gasteiger partial charge is 0.488 e. The summed E-state index contributed by atoms with van der Waals surface area (Å²) >= 11 is 5.85. The monoisotopic (exact) mass is 455 g/mol. The normalized spacial score (nSPS) is 11.0. The second-order valence-electron chi connectivity index (χ2n) is 6.87. The minimum atomic E-state index is -3.40. The number of rotatable bonds is 10. The molecule has 0 unspecified atom stereocenters. The number of nitriles is 1. The quantitative estimate of drug-likeness (QED) is 0.418. The van der Waals surface area contributed by atoms with Crippen LogP contribution in [0.15, 0.2) is 77.7 Å². The molecule has 3 rings (SSSR count). The highest BCUT2D eigenvalue weighted by Gasteiger charge is 2.15. The van der Waals surface area contributed by atoms with Crippen LogP contribution in [0.3, 0.4) is 0 Å². The Morgan fingerprint density at radius 2 is 1.68 bits per heavy atom. The zero-order chi connectivity index (χ0) is 22.1. The fourth-order valence-electron chi connectivity index (χ4n) is 3.03. The molecule has 160 valence electrons. The summed E-state index contributed by atoms with van der Waals surface area (Å²) in [5, 5.41) is 9.23. The first-order valence-corrected chi connectivity index (χ1v) is 11.8. The molecule has 0 aliphatic carbocycles. The van der Waals surface area contributed by atoms with Gasteiger partial charge in [-0.1, -0.05) is 48.0 Å². The summed E-state index contributed by atoms with van der Waals surface area (Å²) in [5.41, 5.74) is 1.90. The summed E-state index contributed by atoms with van der Waals surface area (Å²) in [5.74, 6) is 1.16. The van der Waals surface area contributed by atoms with Gasteiger partial charge in [-0.15, -0.1) is 0 Å². The molecule has 0 N–H and O–H groups in total. The molecule has 0 aliphatic rings. The van der Waals surface area contributed by atoms with E-state index >= 15 is 0 Å². The predicted octanol–water partition coefficient (Wildman–Crippen LogP) is 5.23. The highest BCUT2D eigenvalue weighted by molar-refractivity contribution is 7.91. The Bertz CT molecular complexity index is 1140. The van der Waals surface area contributed by atoms with Gasteiger partial charge in [-0.2, -0.15) is 5.26 Å². The lowest BCUT2D eigenvalue weighted by Gasteiger charge is -2.14. The third-order valence-electron chi connectivity index (χ3n) is 4.61. The molecule has 0 spiro atoms. The van der Waals surface area contributed by atoms with Crippen molar-refractivity contribution in [3.63, 3.8) is 0 Å². The molecule has 0 bridgehead atoms. The Kier molecular flexibility index (Phi) is 7.94. The van der Waals surface area contributed by atoms with Crippen LogP contribution in [0.4, 0.5) is 0 Å². The Hall–Kier alpha value is -3.01. The number of hydrogen-bond acceptors (Lipinski definition) is 5. The maximum Gasteiger partial charge on any atom is 0.178 e. The first kappa shape index (κ1) is 22.7. The van der Waals surface area contributed by atoms with Gasteiger partial charge in [0.1, 0.15) is 24.2 Å². The van der Waals surface area contributed by atoms with Crippen molar-refractivity contribution in [2.45, 2.75) is 24.3 Å². The number of nitrogens with zero attached hydrogens (tertiary/aromatic N) is 1. The van der Waals surface area contributed by atoms with Crippen LogP contribution in [-0.4, -0.2) is 20.8 Å². The van der Waals surface area contributed by atoms with E-state index < -0.39 is 9.84 Å². The van der Waals surface area contributed by atoms with Crippen molar-refractivity contribution in [1.82, 2.24) is 0 Å². The van der Waals surface area contributed by atoms with Gasteiger partial charge in [-0.05, 0) is 54.3 Å². The van der Waals surface area contributed by atoms with Gasteiger partial charge in [-0.3, -0.25) is 0 Å². The average molecular weight is 456 g/mol. The van der Waals surface area contributed by atoms with Crippen molar-refractivity contribution in [2.75, 3.05) is 12.4 Å². The average Bonchev–Trinajstić information content (AvgIpc) is 2.78. The highest BCUT2D eigenvalue weighted by Crippen LogP contribution is 2.28. The van der Waals surface area contributed by atoms with Crippen LogP contribution in [0.2, 0.25) is 5.02 Å². The van der Waals surface area contributed by atoms with Gasteiger partial charge in [-0.25, -0.2) is 8.42 Å². The molecule has 0 saturated heterocycles. The van der Waals surface area contributed by atoms with Gasteiger partial charge >= 0.3 is 0 Å². The molecule has 0 radical (unpaired) electrons. The van der Waals surface area contributed by atoms with Gasteiger partial charge in [0.25, 0.3) is 0 Å². The number of aryl methyl sites for hydroxylation is 1. The molecule has 0 amide bonds. The summed E-state index contributed by atoms with van der Waals surface area (Å²) < 4.78 is 36.5. The molecule has 3 aromatic carbocycles. The molecule has 5 nitrogen and oxygen atoms in total. The van der Waals surface area contributed by atoms with Gasteiger partial charge in [0, 0.05) is 11.1 Å². The predicted molar refractivity (Wildman–Crippen MR) is 120 cm³/mol. The van der Waals surface area contributed by atoms with E-state index in [9.17, 15) is 8.42 Å². The van der Waals surface area contributed by atoms with Crippen LogP contribution < -0.4 is 9.47 Å². The first-order valence-electron chi connectivity index (χ1n) is 9.76. The van der Waals surface area contributed by atoms with Gasteiger partial charge < -0.3 is 9.47 Å². The van der Waals surface area contributed by atoms with Crippen molar-refractivity contribution in [1.29, 1.82) is 5.26 Å². The second kappa shape index (κ2) is 10.9. The van der Waals surface area contributed by atoms with Crippen LogP contribution in [-0.2, 0) is 22.9 Å². The summed E-state index contributed by atoms with van der Waals surface area (Å²) in [6.45, 7) is 0.315. The van der Waals surface area contributed by atoms with E-state index in [2.05, 4.69) is 0 Å². The van der Waals surface area contributed by atoms with Crippen LogP contribution >= 0.6 is 11.6 Å². The summed E-state index contributed by atoms with van der Waals surface area (Å²) in [7, 11) is -3.40. The minimum Gasteiger partial charge on any atom is -0.488 e. The molecule has 0 atom stereocenters. The van der Waals surface area contributed by atoms with Gasteiger partial charge in [0.2, 0.25) is 0 Å². The molecular formula is C24H22ClNO4S. The molecule has 0 saturated carbocycles. The van der Waals surface area contributed by atoms with Crippen LogP contribution in [0, 0.1) is 11.3 Å². The molecule has 0 aromatic heterocycles. The van der Waals surface area contributed by atoms with Crippen molar-refractivity contribution < 1.29 is 17.9 Å². The fourth-order valence-corrected chi connectivity index (χ4v) is 4.47. The number of hydrogen-bond donors (Lipinski definition) is 0. The number of ether oxygens (including phenoxy) is 2. The van der Waals surface area contributed by atoms with Crippen molar-refractivity contribution in [3.8, 4) is 17.6 Å². The van der Waals surface area contributed by atoms with E-state index in [0.717, 1.165) is 11.1 Å². The first-order chi connectivity index (χ1) is 15.0. The molecule has 0 heterocycles. The van der Waals surface area contributed by atoms with Crippen molar-refractivity contribution in [2.24, 2.45) is 0 Å². The maximum atomic E-state index is 12.6. The molecule has 3 aromatic rings. The second-order valence-corrected chi connectivity index (χ2v) is 9.41.